The van der Waals surface area contributed by atoms with E-state index in [1.54, 1.807) is 36.5 Å². The van der Waals surface area contributed by atoms with Gasteiger partial charge in [0.1, 0.15) is 0 Å². The van der Waals surface area contributed by atoms with Crippen LogP contribution in [-0.4, -0.2) is 9.78 Å². The third-order valence-corrected chi connectivity index (χ3v) is 6.59. The number of hydrogen-bond acceptors (Lipinski definition) is 2. The van der Waals surface area contributed by atoms with Crippen molar-refractivity contribution in [2.24, 2.45) is 0 Å². The average Bonchev–Trinajstić information content (AvgIpc) is 2.77. The lowest BCUT2D eigenvalue weighted by Gasteiger charge is -2.19. The van der Waals surface area contributed by atoms with Crippen molar-refractivity contribution in [3.8, 4) is 22.3 Å². The zero-order chi connectivity index (χ0) is 22.1. The Bertz CT molecular complexity index is 1330. The molecule has 0 saturated heterocycles. The van der Waals surface area contributed by atoms with Crippen molar-refractivity contribution < 1.29 is 0 Å². The summed E-state index contributed by atoms with van der Waals surface area (Å²) in [6.07, 6.45) is 1.61. The SMILES string of the molecule is CC(c1ccccc1-c1ccc(Cl)c(Cl)c1)n1nccc(-c2ccc(Cl)c(Cl)c2)c1=O. The molecule has 4 aromatic rings. The van der Waals surface area contributed by atoms with Crippen LogP contribution in [0, 0.1) is 0 Å². The molecule has 0 N–H and O–H groups in total. The second kappa shape index (κ2) is 9.05. The fraction of sp³-hybridized carbons (Fsp3) is 0.0833. The quantitative estimate of drug-likeness (QED) is 0.293. The highest BCUT2D eigenvalue weighted by Gasteiger charge is 2.18. The number of nitrogens with zero attached hydrogens (tertiary/aromatic N) is 2. The highest BCUT2D eigenvalue weighted by atomic mass is 35.5. The van der Waals surface area contributed by atoms with Crippen LogP contribution in [0.15, 0.2) is 77.7 Å². The van der Waals surface area contributed by atoms with E-state index >= 15 is 0 Å². The standard InChI is InChI=1S/C24H16Cl4N2O/c1-14(17-4-2-3-5-18(17)15-6-8-20(25)22(27)12-15)30-24(31)19(10-11-29-30)16-7-9-21(26)23(28)13-16/h2-14H,1H3. The Balaban J connectivity index is 1.81. The summed E-state index contributed by atoms with van der Waals surface area (Å²) in [5.41, 5.74) is 3.74. The van der Waals surface area contributed by atoms with Gasteiger partial charge in [-0.25, -0.2) is 4.68 Å². The predicted octanol–water partition coefficient (Wildman–Crippen LogP) is 7.80. The van der Waals surface area contributed by atoms with Crippen molar-refractivity contribution in [3.05, 3.63) is 109 Å². The van der Waals surface area contributed by atoms with Gasteiger partial charge in [0.2, 0.25) is 0 Å². The zero-order valence-corrected chi connectivity index (χ0v) is 19.3. The molecule has 0 bridgehead atoms. The summed E-state index contributed by atoms with van der Waals surface area (Å²) >= 11 is 24.5. The topological polar surface area (TPSA) is 34.9 Å². The average molecular weight is 490 g/mol. The fourth-order valence-corrected chi connectivity index (χ4v) is 4.10. The molecule has 1 atom stereocenters. The summed E-state index contributed by atoms with van der Waals surface area (Å²) in [5.74, 6) is 0. The Kier molecular flexibility index (Phi) is 6.40. The molecule has 0 radical (unpaired) electrons. The minimum Gasteiger partial charge on any atom is -0.267 e. The Morgan fingerprint density at radius 1 is 0.742 bits per heavy atom. The number of hydrogen-bond donors (Lipinski definition) is 0. The lowest BCUT2D eigenvalue weighted by atomic mass is 9.95. The number of halogens is 4. The molecule has 1 aromatic heterocycles. The summed E-state index contributed by atoms with van der Waals surface area (Å²) in [7, 11) is 0. The van der Waals surface area contributed by atoms with Crippen LogP contribution < -0.4 is 5.56 Å². The summed E-state index contributed by atoms with van der Waals surface area (Å²) in [6, 6.07) is 19.8. The minimum atomic E-state index is -0.333. The van der Waals surface area contributed by atoms with E-state index < -0.39 is 0 Å². The molecule has 3 nitrogen and oxygen atoms in total. The maximum Gasteiger partial charge on any atom is 0.275 e. The van der Waals surface area contributed by atoms with E-state index in [9.17, 15) is 4.79 Å². The van der Waals surface area contributed by atoms with Crippen molar-refractivity contribution in [2.45, 2.75) is 13.0 Å². The van der Waals surface area contributed by atoms with E-state index in [0.29, 0.717) is 31.2 Å². The minimum absolute atomic E-state index is 0.225. The Labute approximate surface area is 199 Å². The summed E-state index contributed by atoms with van der Waals surface area (Å²) in [5, 5.41) is 6.13. The molecular weight excluding hydrogens is 474 g/mol. The van der Waals surface area contributed by atoms with Gasteiger partial charge in [-0.3, -0.25) is 4.79 Å². The second-order valence-corrected chi connectivity index (χ2v) is 8.64. The first-order valence-electron chi connectivity index (χ1n) is 9.44. The van der Waals surface area contributed by atoms with Crippen LogP contribution >= 0.6 is 46.4 Å². The van der Waals surface area contributed by atoms with Gasteiger partial charge in [0.05, 0.1) is 31.7 Å². The van der Waals surface area contributed by atoms with Crippen LogP contribution in [-0.2, 0) is 0 Å². The van der Waals surface area contributed by atoms with Crippen LogP contribution in [0.2, 0.25) is 20.1 Å². The smallest absolute Gasteiger partial charge is 0.267 e. The van der Waals surface area contributed by atoms with Crippen LogP contribution in [0.1, 0.15) is 18.5 Å². The van der Waals surface area contributed by atoms with Crippen LogP contribution in [0.5, 0.6) is 0 Å². The van der Waals surface area contributed by atoms with Gasteiger partial charge in [-0.15, -0.1) is 0 Å². The van der Waals surface area contributed by atoms with Gasteiger partial charge >= 0.3 is 0 Å². The van der Waals surface area contributed by atoms with Crippen molar-refractivity contribution in [1.82, 2.24) is 9.78 Å². The van der Waals surface area contributed by atoms with E-state index in [1.807, 2.05) is 43.3 Å². The predicted molar refractivity (Wildman–Crippen MR) is 130 cm³/mol. The third kappa shape index (κ3) is 4.37. The second-order valence-electron chi connectivity index (χ2n) is 7.02. The van der Waals surface area contributed by atoms with Gasteiger partial charge in [-0.2, -0.15) is 5.10 Å². The molecule has 3 aromatic carbocycles. The molecule has 0 fully saturated rings. The van der Waals surface area contributed by atoms with Gasteiger partial charge in [-0.05, 0) is 59.5 Å². The monoisotopic (exact) mass is 488 g/mol. The van der Waals surface area contributed by atoms with E-state index in [-0.39, 0.29) is 11.6 Å². The molecule has 1 heterocycles. The maximum absolute atomic E-state index is 13.3. The van der Waals surface area contributed by atoms with Crippen molar-refractivity contribution in [2.75, 3.05) is 0 Å². The fourth-order valence-electron chi connectivity index (χ4n) is 3.51. The van der Waals surface area contributed by atoms with Crippen LogP contribution in [0.3, 0.4) is 0 Å². The third-order valence-electron chi connectivity index (χ3n) is 5.11. The Morgan fingerprint density at radius 2 is 1.32 bits per heavy atom. The molecule has 156 valence electrons. The van der Waals surface area contributed by atoms with E-state index in [0.717, 1.165) is 16.7 Å². The molecule has 4 rings (SSSR count). The van der Waals surface area contributed by atoms with Crippen molar-refractivity contribution in [3.63, 3.8) is 0 Å². The zero-order valence-electron chi connectivity index (χ0n) is 16.3. The first-order valence-corrected chi connectivity index (χ1v) is 11.0. The van der Waals surface area contributed by atoms with Crippen molar-refractivity contribution >= 4 is 46.4 Å². The number of rotatable bonds is 4. The van der Waals surface area contributed by atoms with Crippen molar-refractivity contribution in [1.29, 1.82) is 0 Å². The summed E-state index contributed by atoms with van der Waals surface area (Å²) in [4.78, 5) is 13.3. The molecular formula is C24H16Cl4N2O. The van der Waals surface area contributed by atoms with Gasteiger partial charge in [0, 0.05) is 6.20 Å². The Morgan fingerprint density at radius 3 is 1.94 bits per heavy atom. The van der Waals surface area contributed by atoms with E-state index in [1.165, 1.54) is 4.68 Å². The molecule has 0 amide bonds. The molecule has 1 unspecified atom stereocenters. The van der Waals surface area contributed by atoms with Gasteiger partial charge in [0.15, 0.2) is 0 Å². The van der Waals surface area contributed by atoms with Gasteiger partial charge < -0.3 is 0 Å². The number of aromatic nitrogens is 2. The molecule has 0 aliphatic heterocycles. The Hall–Kier alpha value is -2.30. The molecule has 0 saturated carbocycles. The van der Waals surface area contributed by atoms with Crippen LogP contribution in [0.4, 0.5) is 0 Å². The molecule has 0 aliphatic carbocycles. The normalized spacial score (nSPS) is 12.0. The first-order chi connectivity index (χ1) is 14.9. The van der Waals surface area contributed by atoms with E-state index in [4.69, 9.17) is 46.4 Å². The molecule has 0 spiro atoms. The largest absolute Gasteiger partial charge is 0.275 e. The molecule has 7 heteroatoms. The van der Waals surface area contributed by atoms with Crippen LogP contribution in [0.25, 0.3) is 22.3 Å². The summed E-state index contributed by atoms with van der Waals surface area (Å²) < 4.78 is 1.47. The first kappa shape index (κ1) is 21.9. The van der Waals surface area contributed by atoms with Gasteiger partial charge in [0.25, 0.3) is 5.56 Å². The molecule has 31 heavy (non-hydrogen) atoms. The van der Waals surface area contributed by atoms with E-state index in [2.05, 4.69) is 5.10 Å². The lowest BCUT2D eigenvalue weighted by molar-refractivity contribution is 0.534. The maximum atomic E-state index is 13.3. The number of benzene rings is 3. The van der Waals surface area contributed by atoms with Gasteiger partial charge in [-0.1, -0.05) is 82.8 Å². The highest BCUT2D eigenvalue weighted by molar-refractivity contribution is 6.42. The highest BCUT2D eigenvalue weighted by Crippen LogP contribution is 2.33. The summed E-state index contributed by atoms with van der Waals surface area (Å²) in [6.45, 7) is 1.93. The molecule has 0 aliphatic rings. The lowest BCUT2D eigenvalue weighted by Crippen LogP contribution is -2.27.